The lowest BCUT2D eigenvalue weighted by molar-refractivity contribution is 0.162. The van der Waals surface area contributed by atoms with Crippen molar-refractivity contribution < 1.29 is 4.74 Å². The molecule has 0 saturated heterocycles. The van der Waals surface area contributed by atoms with E-state index < -0.39 is 0 Å². The lowest BCUT2D eigenvalue weighted by atomic mass is 10.2. The average Bonchev–Trinajstić information content (AvgIpc) is 2.57. The Morgan fingerprint density at radius 2 is 1.88 bits per heavy atom. The van der Waals surface area contributed by atoms with Crippen LogP contribution in [-0.4, -0.2) is 76.5 Å². The first-order valence-electron chi connectivity index (χ1n) is 7.83. The van der Waals surface area contributed by atoms with E-state index in [0.29, 0.717) is 0 Å². The monoisotopic (exact) mass is 466 g/mol. The zero-order valence-electron chi connectivity index (χ0n) is 15.4. The predicted molar refractivity (Wildman–Crippen MR) is 116 cm³/mol. The number of aliphatic imine (C=N–C) groups is 1. The standard InChI is InChI=1S/C17H30N4OS.HI/c1-18-17(19-10-11-20(2)12-13-22-4)21(3)14-15-6-8-16(23-5)9-7-15;/h6-9H,10-14H2,1-5H3,(H,18,19);1H. The Bertz CT molecular complexity index is 470. The van der Waals surface area contributed by atoms with Crippen molar-refractivity contribution in [3.63, 3.8) is 0 Å². The number of thioether (sulfide) groups is 1. The van der Waals surface area contributed by atoms with Crippen LogP contribution in [0.25, 0.3) is 0 Å². The summed E-state index contributed by atoms with van der Waals surface area (Å²) >= 11 is 1.76. The number of benzene rings is 1. The van der Waals surface area contributed by atoms with Crippen molar-refractivity contribution >= 4 is 41.7 Å². The molecule has 1 N–H and O–H groups in total. The number of likely N-dealkylation sites (N-methyl/N-ethyl adjacent to an activating group) is 1. The minimum Gasteiger partial charge on any atom is -0.383 e. The van der Waals surface area contributed by atoms with Gasteiger partial charge in [0.15, 0.2) is 5.96 Å². The normalized spacial score (nSPS) is 11.3. The van der Waals surface area contributed by atoms with E-state index in [2.05, 4.69) is 64.7 Å². The molecule has 7 heteroatoms. The molecule has 0 fully saturated rings. The lowest BCUT2D eigenvalue weighted by Crippen LogP contribution is -2.42. The number of hydrogen-bond donors (Lipinski definition) is 1. The Morgan fingerprint density at radius 3 is 2.42 bits per heavy atom. The number of hydrogen-bond acceptors (Lipinski definition) is 4. The van der Waals surface area contributed by atoms with E-state index in [0.717, 1.165) is 38.7 Å². The molecule has 5 nitrogen and oxygen atoms in total. The Morgan fingerprint density at radius 1 is 1.21 bits per heavy atom. The molecule has 0 radical (unpaired) electrons. The third-order valence-electron chi connectivity index (χ3n) is 3.61. The third kappa shape index (κ3) is 9.10. The second-order valence-electron chi connectivity index (χ2n) is 5.47. The lowest BCUT2D eigenvalue weighted by Gasteiger charge is -2.23. The highest BCUT2D eigenvalue weighted by molar-refractivity contribution is 14.0. The fourth-order valence-corrected chi connectivity index (χ4v) is 2.59. The summed E-state index contributed by atoms with van der Waals surface area (Å²) in [4.78, 5) is 10.0. The summed E-state index contributed by atoms with van der Waals surface area (Å²) in [6, 6.07) is 8.67. The molecule has 0 aromatic heterocycles. The highest BCUT2D eigenvalue weighted by Gasteiger charge is 2.07. The van der Waals surface area contributed by atoms with E-state index in [1.54, 1.807) is 18.9 Å². The molecule has 1 rings (SSSR count). The van der Waals surface area contributed by atoms with Crippen LogP contribution in [0.4, 0.5) is 0 Å². The van der Waals surface area contributed by atoms with Gasteiger partial charge in [0.1, 0.15) is 0 Å². The SMILES string of the molecule is CN=C(NCCN(C)CCOC)N(C)Cc1ccc(SC)cc1.I. The van der Waals surface area contributed by atoms with Crippen LogP contribution in [0.15, 0.2) is 34.2 Å². The highest BCUT2D eigenvalue weighted by atomic mass is 127. The van der Waals surface area contributed by atoms with Crippen molar-refractivity contribution in [3.05, 3.63) is 29.8 Å². The van der Waals surface area contributed by atoms with Crippen LogP contribution in [0.1, 0.15) is 5.56 Å². The Balaban J connectivity index is 0.00000529. The van der Waals surface area contributed by atoms with E-state index in [9.17, 15) is 0 Å². The van der Waals surface area contributed by atoms with E-state index in [4.69, 9.17) is 4.74 Å². The van der Waals surface area contributed by atoms with Crippen LogP contribution >= 0.6 is 35.7 Å². The third-order valence-corrected chi connectivity index (χ3v) is 4.35. The molecule has 138 valence electrons. The summed E-state index contributed by atoms with van der Waals surface area (Å²) in [5, 5.41) is 3.41. The van der Waals surface area contributed by atoms with Crippen LogP contribution in [0.2, 0.25) is 0 Å². The fraction of sp³-hybridized carbons (Fsp3) is 0.588. The van der Waals surface area contributed by atoms with Gasteiger partial charge in [0.2, 0.25) is 0 Å². The first-order chi connectivity index (χ1) is 11.1. The quantitative estimate of drug-likeness (QED) is 0.262. The summed E-state index contributed by atoms with van der Waals surface area (Å²) in [5.41, 5.74) is 1.28. The number of rotatable bonds is 9. The van der Waals surface area contributed by atoms with Gasteiger partial charge in [-0.3, -0.25) is 4.99 Å². The summed E-state index contributed by atoms with van der Waals surface area (Å²) in [5.74, 6) is 0.916. The number of halogens is 1. The van der Waals surface area contributed by atoms with Gasteiger partial charge in [-0.2, -0.15) is 0 Å². The predicted octanol–water partition coefficient (Wildman–Crippen LogP) is 2.61. The smallest absolute Gasteiger partial charge is 0.193 e. The van der Waals surface area contributed by atoms with Gasteiger partial charge in [-0.25, -0.2) is 0 Å². The van der Waals surface area contributed by atoms with Gasteiger partial charge in [-0.1, -0.05) is 12.1 Å². The van der Waals surface area contributed by atoms with Crippen molar-refractivity contribution in [1.29, 1.82) is 0 Å². The second kappa shape index (κ2) is 13.7. The van der Waals surface area contributed by atoms with Crippen molar-refractivity contribution in [2.45, 2.75) is 11.4 Å². The molecular formula is C17H31IN4OS. The van der Waals surface area contributed by atoms with Gasteiger partial charge >= 0.3 is 0 Å². The maximum absolute atomic E-state index is 5.09. The molecule has 0 atom stereocenters. The summed E-state index contributed by atoms with van der Waals surface area (Å²) in [6.45, 7) is 4.36. The second-order valence-corrected chi connectivity index (χ2v) is 6.35. The summed E-state index contributed by atoms with van der Waals surface area (Å²) < 4.78 is 5.09. The number of methoxy groups -OCH3 is 1. The minimum absolute atomic E-state index is 0. The van der Waals surface area contributed by atoms with Crippen LogP contribution < -0.4 is 5.32 Å². The molecule has 1 aromatic carbocycles. The maximum Gasteiger partial charge on any atom is 0.193 e. The molecule has 0 bridgehead atoms. The van der Waals surface area contributed by atoms with Crippen LogP contribution in [0, 0.1) is 0 Å². The topological polar surface area (TPSA) is 40.1 Å². The average molecular weight is 466 g/mol. The van der Waals surface area contributed by atoms with E-state index in [1.807, 2.05) is 7.05 Å². The molecule has 0 aliphatic heterocycles. The van der Waals surface area contributed by atoms with Crippen molar-refractivity contribution in [1.82, 2.24) is 15.1 Å². The summed E-state index contributed by atoms with van der Waals surface area (Å²) in [7, 11) is 7.71. The molecule has 0 heterocycles. The molecule has 24 heavy (non-hydrogen) atoms. The van der Waals surface area contributed by atoms with Crippen molar-refractivity contribution in [3.8, 4) is 0 Å². The molecule has 0 amide bonds. The van der Waals surface area contributed by atoms with E-state index in [1.165, 1.54) is 10.5 Å². The first kappa shape index (κ1) is 23.5. The van der Waals surface area contributed by atoms with Gasteiger partial charge in [-0.05, 0) is 31.0 Å². The number of guanidine groups is 1. The largest absolute Gasteiger partial charge is 0.383 e. The van der Waals surface area contributed by atoms with Gasteiger partial charge in [0.25, 0.3) is 0 Å². The molecule has 0 saturated carbocycles. The van der Waals surface area contributed by atoms with Crippen LogP contribution in [0.5, 0.6) is 0 Å². The Hall–Kier alpha value is -0.510. The van der Waals surface area contributed by atoms with Crippen LogP contribution in [-0.2, 0) is 11.3 Å². The Kier molecular flexibility index (Phi) is 13.5. The van der Waals surface area contributed by atoms with Gasteiger partial charge in [0, 0.05) is 52.3 Å². The van der Waals surface area contributed by atoms with Gasteiger partial charge < -0.3 is 19.9 Å². The first-order valence-corrected chi connectivity index (χ1v) is 9.05. The fourth-order valence-electron chi connectivity index (χ4n) is 2.18. The van der Waals surface area contributed by atoms with Crippen LogP contribution in [0.3, 0.4) is 0 Å². The van der Waals surface area contributed by atoms with Crippen molar-refractivity contribution in [2.75, 3.05) is 60.7 Å². The zero-order chi connectivity index (χ0) is 17.1. The molecule has 1 aromatic rings. The summed E-state index contributed by atoms with van der Waals surface area (Å²) in [6.07, 6.45) is 2.09. The zero-order valence-corrected chi connectivity index (χ0v) is 18.6. The van der Waals surface area contributed by atoms with E-state index in [-0.39, 0.29) is 24.0 Å². The highest BCUT2D eigenvalue weighted by Crippen LogP contribution is 2.15. The number of nitrogens with one attached hydrogen (secondary N) is 1. The molecule has 0 aliphatic carbocycles. The Labute approximate surface area is 168 Å². The number of ether oxygens (including phenoxy) is 1. The van der Waals surface area contributed by atoms with E-state index >= 15 is 0 Å². The molecule has 0 unspecified atom stereocenters. The van der Waals surface area contributed by atoms with Gasteiger partial charge in [0.05, 0.1) is 6.61 Å². The number of nitrogens with zero attached hydrogens (tertiary/aromatic N) is 3. The van der Waals surface area contributed by atoms with Gasteiger partial charge in [-0.15, -0.1) is 35.7 Å². The molecule has 0 spiro atoms. The molecular weight excluding hydrogens is 435 g/mol. The maximum atomic E-state index is 5.09. The minimum atomic E-state index is 0. The van der Waals surface area contributed by atoms with Crippen molar-refractivity contribution in [2.24, 2.45) is 4.99 Å². The molecule has 0 aliphatic rings.